The van der Waals surface area contributed by atoms with Crippen LogP contribution < -0.4 is 20.1 Å². The minimum Gasteiger partial charge on any atom is -0.496 e. The van der Waals surface area contributed by atoms with E-state index < -0.39 is 18.5 Å². The molecule has 0 radical (unpaired) electrons. The fourth-order valence-electron chi connectivity index (χ4n) is 2.63. The van der Waals surface area contributed by atoms with Crippen LogP contribution in [0.3, 0.4) is 0 Å². The van der Waals surface area contributed by atoms with Crippen LogP contribution in [-0.2, 0) is 20.6 Å². The summed E-state index contributed by atoms with van der Waals surface area (Å²) in [5.41, 5.74) is 0.866. The van der Waals surface area contributed by atoms with Gasteiger partial charge in [0.25, 0.3) is 0 Å². The lowest BCUT2D eigenvalue weighted by atomic mass is 10.1. The summed E-state index contributed by atoms with van der Waals surface area (Å²) in [5, 5.41) is 5.26. The fourth-order valence-corrected chi connectivity index (χ4v) is 3.12. The SMILES string of the molecule is COc1cc(CCNC(=O)OC(C)OC(=O)NC2CCOC2)c(OC)cc1Br. The van der Waals surface area contributed by atoms with Crippen LogP contribution in [-0.4, -0.2) is 58.5 Å². The number of hydrogen-bond donors (Lipinski definition) is 2. The molecule has 0 aromatic heterocycles. The van der Waals surface area contributed by atoms with Crippen LogP contribution in [0.25, 0.3) is 0 Å². The van der Waals surface area contributed by atoms with Gasteiger partial charge in [0.15, 0.2) is 0 Å². The quantitative estimate of drug-likeness (QED) is 0.574. The lowest BCUT2D eigenvalue weighted by molar-refractivity contribution is -0.0487. The summed E-state index contributed by atoms with van der Waals surface area (Å²) in [6.07, 6.45) is -1.13. The Kier molecular flexibility index (Phi) is 8.65. The second-order valence-corrected chi connectivity index (χ2v) is 6.91. The molecule has 1 aromatic rings. The molecule has 2 amide bonds. The van der Waals surface area contributed by atoms with Crippen molar-refractivity contribution in [1.82, 2.24) is 10.6 Å². The van der Waals surface area contributed by atoms with Gasteiger partial charge in [-0.2, -0.15) is 0 Å². The maximum absolute atomic E-state index is 11.9. The molecular weight excluding hydrogens is 436 g/mol. The van der Waals surface area contributed by atoms with Gasteiger partial charge in [0, 0.05) is 20.1 Å². The largest absolute Gasteiger partial charge is 0.496 e. The average Bonchev–Trinajstić information content (AvgIpc) is 3.14. The first kappa shape index (κ1) is 22.1. The van der Waals surface area contributed by atoms with E-state index in [9.17, 15) is 9.59 Å². The maximum Gasteiger partial charge on any atom is 0.410 e. The highest BCUT2D eigenvalue weighted by atomic mass is 79.9. The van der Waals surface area contributed by atoms with Gasteiger partial charge in [-0.1, -0.05) is 0 Å². The summed E-state index contributed by atoms with van der Waals surface area (Å²) in [7, 11) is 3.14. The zero-order valence-electron chi connectivity index (χ0n) is 16.1. The molecule has 1 aliphatic heterocycles. The molecule has 2 unspecified atom stereocenters. The predicted octanol–water partition coefficient (Wildman–Crippen LogP) is 2.60. The van der Waals surface area contributed by atoms with Crippen molar-refractivity contribution in [2.75, 3.05) is 34.0 Å². The Balaban J connectivity index is 1.74. The molecule has 0 aliphatic carbocycles. The van der Waals surface area contributed by atoms with Gasteiger partial charge in [-0.05, 0) is 46.5 Å². The van der Waals surface area contributed by atoms with E-state index in [0.29, 0.717) is 37.7 Å². The monoisotopic (exact) mass is 460 g/mol. The summed E-state index contributed by atoms with van der Waals surface area (Å²) in [6, 6.07) is 3.56. The molecule has 28 heavy (non-hydrogen) atoms. The van der Waals surface area contributed by atoms with E-state index in [0.717, 1.165) is 16.5 Å². The third-order valence-corrected chi connectivity index (χ3v) is 4.64. The number of rotatable bonds is 8. The molecule has 0 saturated carbocycles. The van der Waals surface area contributed by atoms with E-state index in [1.54, 1.807) is 20.3 Å². The highest BCUT2D eigenvalue weighted by Gasteiger charge is 2.21. The van der Waals surface area contributed by atoms with Crippen molar-refractivity contribution >= 4 is 28.1 Å². The summed E-state index contributed by atoms with van der Waals surface area (Å²) in [4.78, 5) is 23.6. The first-order chi connectivity index (χ1) is 13.4. The van der Waals surface area contributed by atoms with Gasteiger partial charge in [0.05, 0.1) is 31.3 Å². The van der Waals surface area contributed by atoms with Gasteiger partial charge in [-0.25, -0.2) is 9.59 Å². The number of nitrogens with one attached hydrogen (secondary N) is 2. The number of carbonyl (C=O) groups excluding carboxylic acids is 2. The van der Waals surface area contributed by atoms with Gasteiger partial charge < -0.3 is 34.3 Å². The van der Waals surface area contributed by atoms with E-state index in [-0.39, 0.29) is 6.04 Å². The zero-order chi connectivity index (χ0) is 20.5. The van der Waals surface area contributed by atoms with E-state index in [2.05, 4.69) is 26.6 Å². The van der Waals surface area contributed by atoms with E-state index in [4.69, 9.17) is 23.7 Å². The minimum atomic E-state index is -1.02. The number of carbonyl (C=O) groups is 2. The van der Waals surface area contributed by atoms with Gasteiger partial charge in [-0.3, -0.25) is 0 Å². The van der Waals surface area contributed by atoms with Gasteiger partial charge in [0.1, 0.15) is 11.5 Å². The number of benzene rings is 1. The van der Waals surface area contributed by atoms with Gasteiger partial charge in [0.2, 0.25) is 6.29 Å². The summed E-state index contributed by atoms with van der Waals surface area (Å²) in [5.74, 6) is 1.34. The van der Waals surface area contributed by atoms with E-state index in [1.165, 1.54) is 6.92 Å². The Labute approximate surface area is 172 Å². The molecule has 1 heterocycles. The number of amides is 2. The van der Waals surface area contributed by atoms with Crippen molar-refractivity contribution in [3.05, 3.63) is 22.2 Å². The number of methoxy groups -OCH3 is 2. The Morgan fingerprint density at radius 1 is 1.21 bits per heavy atom. The molecule has 10 heteroatoms. The first-order valence-electron chi connectivity index (χ1n) is 8.82. The van der Waals surface area contributed by atoms with Crippen LogP contribution in [0.15, 0.2) is 16.6 Å². The van der Waals surface area contributed by atoms with Crippen LogP contribution in [0.1, 0.15) is 18.9 Å². The average molecular weight is 461 g/mol. The summed E-state index contributed by atoms with van der Waals surface area (Å²) < 4.78 is 26.6. The standard InChI is InChI=1S/C18H25BrN2O7/c1-11(28-18(23)21-13-5-7-26-10-13)27-17(22)20-6-4-12-8-16(25-3)14(19)9-15(12)24-2/h8-9,11,13H,4-7,10H2,1-3H3,(H,20,22)(H,21,23). The third-order valence-electron chi connectivity index (χ3n) is 4.02. The van der Waals surface area contributed by atoms with Crippen molar-refractivity contribution in [2.24, 2.45) is 0 Å². The lowest BCUT2D eigenvalue weighted by Crippen LogP contribution is -2.39. The van der Waals surface area contributed by atoms with Crippen LogP contribution in [0.4, 0.5) is 9.59 Å². The molecule has 1 saturated heterocycles. The molecule has 1 aliphatic rings. The minimum absolute atomic E-state index is 0.0774. The second kappa shape index (κ2) is 11.0. The van der Waals surface area contributed by atoms with Crippen LogP contribution in [0, 0.1) is 0 Å². The van der Waals surface area contributed by atoms with Crippen molar-refractivity contribution in [3.63, 3.8) is 0 Å². The van der Waals surface area contributed by atoms with E-state index >= 15 is 0 Å². The summed E-state index contributed by atoms with van der Waals surface area (Å²) >= 11 is 3.40. The van der Waals surface area contributed by atoms with Crippen molar-refractivity contribution < 1.29 is 33.3 Å². The molecule has 2 N–H and O–H groups in total. The maximum atomic E-state index is 11.9. The Bertz CT molecular complexity index is 680. The number of halogens is 1. The van der Waals surface area contributed by atoms with Gasteiger partial charge in [-0.15, -0.1) is 0 Å². The smallest absolute Gasteiger partial charge is 0.410 e. The van der Waals surface area contributed by atoms with Crippen molar-refractivity contribution in [3.8, 4) is 11.5 Å². The normalized spacial score (nSPS) is 16.8. The third kappa shape index (κ3) is 6.75. The highest BCUT2D eigenvalue weighted by molar-refractivity contribution is 9.10. The highest BCUT2D eigenvalue weighted by Crippen LogP contribution is 2.32. The number of ether oxygens (including phenoxy) is 5. The number of alkyl carbamates (subject to hydrolysis) is 2. The van der Waals surface area contributed by atoms with Crippen LogP contribution in [0.2, 0.25) is 0 Å². The molecule has 0 bridgehead atoms. The molecule has 156 valence electrons. The van der Waals surface area contributed by atoms with Crippen molar-refractivity contribution in [1.29, 1.82) is 0 Å². The second-order valence-electron chi connectivity index (χ2n) is 6.06. The topological polar surface area (TPSA) is 104 Å². The molecule has 1 aromatic carbocycles. The molecule has 1 fully saturated rings. The van der Waals surface area contributed by atoms with E-state index in [1.807, 2.05) is 6.07 Å². The predicted molar refractivity (Wildman–Crippen MR) is 104 cm³/mol. The van der Waals surface area contributed by atoms with Crippen LogP contribution in [0.5, 0.6) is 11.5 Å². The summed E-state index contributed by atoms with van der Waals surface area (Å²) in [6.45, 7) is 2.83. The van der Waals surface area contributed by atoms with Gasteiger partial charge >= 0.3 is 12.2 Å². The molecular formula is C18H25BrN2O7. The fraction of sp³-hybridized carbons (Fsp3) is 0.556. The Morgan fingerprint density at radius 2 is 1.93 bits per heavy atom. The lowest BCUT2D eigenvalue weighted by Gasteiger charge is -2.17. The Morgan fingerprint density at radius 3 is 2.57 bits per heavy atom. The zero-order valence-corrected chi connectivity index (χ0v) is 17.7. The molecule has 2 atom stereocenters. The molecule has 9 nitrogen and oxygen atoms in total. The van der Waals surface area contributed by atoms with Crippen molar-refractivity contribution in [2.45, 2.75) is 32.1 Å². The Hall–Kier alpha value is -2.20. The number of hydrogen-bond acceptors (Lipinski definition) is 7. The first-order valence-corrected chi connectivity index (χ1v) is 9.62. The molecule has 0 spiro atoms. The van der Waals surface area contributed by atoms with Crippen LogP contribution >= 0.6 is 15.9 Å². The molecule has 2 rings (SSSR count).